The van der Waals surface area contributed by atoms with Gasteiger partial charge >= 0.3 is 0 Å². The molecule has 4 nitrogen and oxygen atoms in total. The quantitative estimate of drug-likeness (QED) is 0.719. The Hall–Kier alpha value is -2.10. The van der Waals surface area contributed by atoms with E-state index in [2.05, 4.69) is 44.7 Å². The molecule has 2 aliphatic rings. The Morgan fingerprint density at radius 2 is 1.12 bits per heavy atom. The number of azo groups is 2. The molecule has 0 spiro atoms. The van der Waals surface area contributed by atoms with E-state index < -0.39 is 0 Å². The van der Waals surface area contributed by atoms with Gasteiger partial charge in [-0.1, -0.05) is 24.3 Å². The van der Waals surface area contributed by atoms with Crippen molar-refractivity contribution in [3.8, 4) is 0 Å². The fraction of sp³-hybridized carbons (Fsp3) is 0.167. The molecule has 0 aliphatic carbocycles. The summed E-state index contributed by atoms with van der Waals surface area (Å²) in [6, 6.07) is 8.38. The molecule has 0 aromatic heterocycles. The van der Waals surface area contributed by atoms with Crippen molar-refractivity contribution >= 4 is 11.1 Å². The van der Waals surface area contributed by atoms with Gasteiger partial charge in [-0.05, 0) is 11.1 Å². The Morgan fingerprint density at radius 3 is 1.44 bits per heavy atom. The molecule has 0 bridgehead atoms. The van der Waals surface area contributed by atoms with Crippen LogP contribution in [-0.2, 0) is 0 Å². The van der Waals surface area contributed by atoms with Gasteiger partial charge in [-0.2, -0.15) is 20.5 Å². The van der Waals surface area contributed by atoms with Gasteiger partial charge in [0, 0.05) is 11.1 Å². The summed E-state index contributed by atoms with van der Waals surface area (Å²) in [5.41, 5.74) is 4.70. The average molecular weight is 210 g/mol. The maximum Gasteiger partial charge on any atom is 0.0874 e. The third-order valence-corrected chi connectivity index (χ3v) is 2.70. The Morgan fingerprint density at radius 1 is 0.688 bits per heavy atom. The molecule has 16 heavy (non-hydrogen) atoms. The van der Waals surface area contributed by atoms with Crippen LogP contribution in [0.25, 0.3) is 11.1 Å². The van der Waals surface area contributed by atoms with Crippen LogP contribution in [0.5, 0.6) is 0 Å². The molecule has 2 aliphatic heterocycles. The van der Waals surface area contributed by atoms with Gasteiger partial charge in [0.1, 0.15) is 0 Å². The van der Waals surface area contributed by atoms with E-state index in [1.807, 2.05) is 12.4 Å². The molecule has 0 unspecified atom stereocenters. The van der Waals surface area contributed by atoms with Gasteiger partial charge in [-0.25, -0.2) is 0 Å². The van der Waals surface area contributed by atoms with Crippen LogP contribution in [0.2, 0.25) is 0 Å². The first-order valence-corrected chi connectivity index (χ1v) is 5.15. The summed E-state index contributed by atoms with van der Waals surface area (Å²) >= 11 is 0. The molecule has 2 heterocycles. The SMILES string of the molecule is C1=C(c2ccc(C3=CN=NC3)cc2)CN=N1. The topological polar surface area (TPSA) is 49.4 Å². The Labute approximate surface area is 93.1 Å². The summed E-state index contributed by atoms with van der Waals surface area (Å²) in [5.74, 6) is 0. The molecular formula is C12H10N4. The normalized spacial score (nSPS) is 17.8. The Balaban J connectivity index is 1.85. The third kappa shape index (κ3) is 1.58. The number of hydrogen-bond acceptors (Lipinski definition) is 4. The van der Waals surface area contributed by atoms with Crippen molar-refractivity contribution < 1.29 is 0 Å². The maximum absolute atomic E-state index is 3.93. The Bertz CT molecular complexity index is 471. The van der Waals surface area contributed by atoms with E-state index in [1.165, 1.54) is 22.3 Å². The van der Waals surface area contributed by atoms with Crippen molar-refractivity contribution in [1.29, 1.82) is 0 Å². The van der Waals surface area contributed by atoms with Crippen molar-refractivity contribution in [2.75, 3.05) is 13.1 Å². The molecule has 1 aromatic carbocycles. The van der Waals surface area contributed by atoms with Crippen molar-refractivity contribution in [2.45, 2.75) is 0 Å². The standard InChI is InChI=1S/C12H10N4/c1-2-10(12-7-15-16-8-12)4-3-9(1)11-5-13-14-6-11/h1-5,7H,6,8H2. The highest BCUT2D eigenvalue weighted by molar-refractivity contribution is 5.72. The second kappa shape index (κ2) is 3.81. The highest BCUT2D eigenvalue weighted by Gasteiger charge is 2.08. The lowest BCUT2D eigenvalue weighted by molar-refractivity contribution is 1.14. The van der Waals surface area contributed by atoms with Crippen LogP contribution in [0.4, 0.5) is 0 Å². The van der Waals surface area contributed by atoms with Crippen LogP contribution in [0.3, 0.4) is 0 Å². The van der Waals surface area contributed by atoms with E-state index in [0.29, 0.717) is 13.1 Å². The second-order valence-electron chi connectivity index (χ2n) is 3.72. The summed E-state index contributed by atoms with van der Waals surface area (Å²) < 4.78 is 0. The van der Waals surface area contributed by atoms with E-state index >= 15 is 0 Å². The first kappa shape index (κ1) is 9.15. The molecule has 0 saturated heterocycles. The molecular weight excluding hydrogens is 200 g/mol. The molecule has 0 radical (unpaired) electrons. The van der Waals surface area contributed by atoms with Crippen LogP contribution in [0, 0.1) is 0 Å². The Kier molecular flexibility index (Phi) is 2.18. The minimum absolute atomic E-state index is 0.687. The summed E-state index contributed by atoms with van der Waals surface area (Å²) in [6.07, 6.45) is 3.63. The van der Waals surface area contributed by atoms with E-state index in [0.717, 1.165) is 0 Å². The van der Waals surface area contributed by atoms with Crippen LogP contribution >= 0.6 is 0 Å². The zero-order valence-electron chi connectivity index (χ0n) is 8.67. The van der Waals surface area contributed by atoms with Crippen molar-refractivity contribution in [3.05, 3.63) is 47.8 Å². The first-order chi connectivity index (χ1) is 7.93. The van der Waals surface area contributed by atoms with Crippen molar-refractivity contribution in [2.24, 2.45) is 20.5 Å². The predicted molar refractivity (Wildman–Crippen MR) is 61.8 cm³/mol. The molecule has 0 fully saturated rings. The maximum atomic E-state index is 3.93. The highest BCUT2D eigenvalue weighted by atomic mass is 15.1. The van der Waals surface area contributed by atoms with Crippen molar-refractivity contribution in [1.82, 2.24) is 0 Å². The van der Waals surface area contributed by atoms with Gasteiger partial charge in [0.2, 0.25) is 0 Å². The second-order valence-corrected chi connectivity index (χ2v) is 3.72. The number of hydrogen-bond donors (Lipinski definition) is 0. The van der Waals surface area contributed by atoms with Gasteiger partial charge in [0.05, 0.1) is 25.5 Å². The van der Waals surface area contributed by atoms with Crippen LogP contribution in [0.15, 0.2) is 57.1 Å². The zero-order chi connectivity index (χ0) is 10.8. The van der Waals surface area contributed by atoms with Crippen LogP contribution < -0.4 is 0 Å². The zero-order valence-corrected chi connectivity index (χ0v) is 8.67. The number of benzene rings is 1. The summed E-state index contributed by atoms with van der Waals surface area (Å²) in [6.45, 7) is 1.37. The number of rotatable bonds is 2. The summed E-state index contributed by atoms with van der Waals surface area (Å²) in [4.78, 5) is 0. The van der Waals surface area contributed by atoms with E-state index in [9.17, 15) is 0 Å². The largest absolute Gasteiger partial charge is 0.184 e. The minimum atomic E-state index is 0.687. The molecule has 0 amide bonds. The van der Waals surface area contributed by atoms with Gasteiger partial charge in [-0.15, -0.1) is 0 Å². The fourth-order valence-corrected chi connectivity index (χ4v) is 1.77. The molecule has 3 rings (SSSR count). The fourth-order valence-electron chi connectivity index (χ4n) is 1.77. The number of nitrogens with zero attached hydrogens (tertiary/aromatic N) is 4. The van der Waals surface area contributed by atoms with E-state index in [4.69, 9.17) is 0 Å². The first-order valence-electron chi connectivity index (χ1n) is 5.15. The molecule has 0 atom stereocenters. The molecule has 0 saturated carbocycles. The highest BCUT2D eigenvalue weighted by Crippen LogP contribution is 2.23. The van der Waals surface area contributed by atoms with Gasteiger partial charge in [-0.3, -0.25) is 0 Å². The van der Waals surface area contributed by atoms with Crippen molar-refractivity contribution in [3.63, 3.8) is 0 Å². The monoisotopic (exact) mass is 210 g/mol. The van der Waals surface area contributed by atoms with Gasteiger partial charge in [0.15, 0.2) is 0 Å². The molecule has 4 heteroatoms. The summed E-state index contributed by atoms with van der Waals surface area (Å²) in [5, 5.41) is 15.6. The molecule has 0 N–H and O–H groups in total. The van der Waals surface area contributed by atoms with E-state index in [-0.39, 0.29) is 0 Å². The van der Waals surface area contributed by atoms with Crippen LogP contribution in [-0.4, -0.2) is 13.1 Å². The average Bonchev–Trinajstić information content (AvgIpc) is 3.03. The smallest absolute Gasteiger partial charge is 0.0874 e. The minimum Gasteiger partial charge on any atom is -0.184 e. The molecule has 78 valence electrons. The molecule has 1 aromatic rings. The van der Waals surface area contributed by atoms with Gasteiger partial charge < -0.3 is 0 Å². The predicted octanol–water partition coefficient (Wildman–Crippen LogP) is 3.30. The lowest BCUT2D eigenvalue weighted by Gasteiger charge is -2.03. The summed E-state index contributed by atoms with van der Waals surface area (Å²) in [7, 11) is 0. The third-order valence-electron chi connectivity index (χ3n) is 2.70. The lowest BCUT2D eigenvalue weighted by Crippen LogP contribution is -1.88. The lowest BCUT2D eigenvalue weighted by atomic mass is 10.0. The van der Waals surface area contributed by atoms with Crippen LogP contribution in [0.1, 0.15) is 11.1 Å². The van der Waals surface area contributed by atoms with Gasteiger partial charge in [0.25, 0.3) is 0 Å². The van der Waals surface area contributed by atoms with E-state index in [1.54, 1.807) is 0 Å².